The molecule has 1 aliphatic carbocycles. The number of aliphatic hydroxyl groups is 2. The van der Waals surface area contributed by atoms with Crippen molar-refractivity contribution >= 4 is 23.9 Å². The number of ether oxygens (including phenoxy) is 8. The lowest BCUT2D eigenvalue weighted by molar-refractivity contribution is -0.158. The highest BCUT2D eigenvalue weighted by Crippen LogP contribution is 2.35. The molecule has 16 nitrogen and oxygen atoms in total. The molecule has 5 aromatic carbocycles. The molecule has 408 valence electrons. The van der Waals surface area contributed by atoms with Gasteiger partial charge >= 0.3 is 23.9 Å². The molecule has 0 spiro atoms. The van der Waals surface area contributed by atoms with Crippen molar-refractivity contribution in [1.29, 1.82) is 0 Å². The van der Waals surface area contributed by atoms with Crippen LogP contribution in [0.5, 0.6) is 17.2 Å². The molecule has 4 atom stereocenters. The molecule has 16 heteroatoms. The Morgan fingerprint density at radius 2 is 0.816 bits per heavy atom. The summed E-state index contributed by atoms with van der Waals surface area (Å²) in [6.45, 7) is 13.6. The van der Waals surface area contributed by atoms with Crippen LogP contribution in [0.2, 0.25) is 0 Å². The van der Waals surface area contributed by atoms with Gasteiger partial charge in [0.25, 0.3) is 0 Å². The number of carbonyl (C=O) groups excluding carboxylic acids is 2. The van der Waals surface area contributed by atoms with Gasteiger partial charge in [0.1, 0.15) is 74.7 Å². The van der Waals surface area contributed by atoms with Crippen LogP contribution in [0.25, 0.3) is 0 Å². The fourth-order valence-electron chi connectivity index (χ4n) is 8.31. The fourth-order valence-corrected chi connectivity index (χ4v) is 8.31. The second kappa shape index (κ2) is 27.8. The number of aromatic carboxylic acids is 2. The van der Waals surface area contributed by atoms with Crippen molar-refractivity contribution in [2.45, 2.75) is 95.5 Å². The van der Waals surface area contributed by atoms with Crippen LogP contribution >= 0.6 is 0 Å². The molecule has 8 rings (SSSR count). The van der Waals surface area contributed by atoms with E-state index in [1.165, 1.54) is 53.6 Å². The number of carboxylic acids is 2. The van der Waals surface area contributed by atoms with E-state index >= 15 is 0 Å². The molecule has 2 heterocycles. The molecule has 2 aliphatic heterocycles. The molecular weight excluding hydrogens is 977 g/mol. The van der Waals surface area contributed by atoms with Crippen LogP contribution in [0, 0.1) is 18.8 Å². The minimum Gasteiger partial charge on any atom is -0.491 e. The number of aliphatic hydroxyl groups excluding tert-OH is 2. The first-order valence-corrected chi connectivity index (χ1v) is 25.6. The average Bonchev–Trinajstić information content (AvgIpc) is 4.38. The Hall–Kier alpha value is -6.82. The van der Waals surface area contributed by atoms with Gasteiger partial charge in [0.05, 0.1) is 42.8 Å². The number of epoxide rings is 2. The number of benzene rings is 5. The summed E-state index contributed by atoms with van der Waals surface area (Å²) in [4.78, 5) is 45.3. The van der Waals surface area contributed by atoms with Crippen molar-refractivity contribution in [2.24, 2.45) is 11.8 Å². The van der Waals surface area contributed by atoms with E-state index in [1.54, 1.807) is 0 Å². The SMILES string of the molecule is CC(C)(c1ccc(OCC2CO2)cc1)c1ccc(OCC2CO2)cc1.COCC(O)COC(=O)C1CCC(C(=O)OCC(O)COc2ccc(C(C)(C)c3ccc(C)cc3)cc2)CC1.O=C(O)c1ccc(C(=O)O)cc1. The monoisotopic (exact) mass is 1050 g/mol. The predicted octanol–water partition coefficient (Wildman–Crippen LogP) is 8.61. The third-order valence-corrected chi connectivity index (χ3v) is 13.6. The molecule has 5 aromatic rings. The number of hydrogen-bond acceptors (Lipinski definition) is 14. The van der Waals surface area contributed by atoms with E-state index in [0.717, 1.165) is 30.3 Å². The van der Waals surface area contributed by atoms with E-state index in [0.29, 0.717) is 44.6 Å². The van der Waals surface area contributed by atoms with Crippen LogP contribution in [0.4, 0.5) is 0 Å². The van der Waals surface area contributed by atoms with Gasteiger partial charge in [-0.05, 0) is 116 Å². The molecule has 4 unspecified atom stereocenters. The van der Waals surface area contributed by atoms with E-state index < -0.39 is 24.1 Å². The minimum atomic E-state index is -1.06. The second-order valence-electron chi connectivity index (χ2n) is 20.3. The Kier molecular flexibility index (Phi) is 21.4. The number of methoxy groups -OCH3 is 1. The van der Waals surface area contributed by atoms with Crippen molar-refractivity contribution in [1.82, 2.24) is 0 Å². The zero-order chi connectivity index (χ0) is 54.8. The van der Waals surface area contributed by atoms with Crippen molar-refractivity contribution < 1.29 is 77.5 Å². The zero-order valence-electron chi connectivity index (χ0n) is 44.2. The van der Waals surface area contributed by atoms with Gasteiger partial charge in [-0.2, -0.15) is 0 Å². The maximum atomic E-state index is 12.5. The minimum absolute atomic E-state index is 0.00147. The number of aryl methyl sites for hydroxylation is 1. The number of hydrogen-bond donors (Lipinski definition) is 4. The third-order valence-electron chi connectivity index (χ3n) is 13.6. The van der Waals surface area contributed by atoms with Gasteiger partial charge in [0.2, 0.25) is 0 Å². The maximum Gasteiger partial charge on any atom is 0.335 e. The van der Waals surface area contributed by atoms with E-state index in [-0.39, 0.29) is 84.4 Å². The van der Waals surface area contributed by atoms with Crippen molar-refractivity contribution in [2.75, 3.05) is 60.0 Å². The van der Waals surface area contributed by atoms with Gasteiger partial charge < -0.3 is 58.3 Å². The highest BCUT2D eigenvalue weighted by molar-refractivity contribution is 5.91. The first-order chi connectivity index (χ1) is 36.3. The molecule has 0 radical (unpaired) electrons. The molecule has 0 amide bonds. The standard InChI is InChI=1S/C31H42O8.C21H24O4.C8H6O4/c1-21-5-11-24(12-6-21)31(2,3)25-13-15-28(16-14-25)37-18-27(33)20-39-30(35)23-9-7-22(8-10-23)29(34)38-19-26(32)17-36-4;1-21(2,15-3-7-17(8-4-15)22-11-19-13-24-19)16-5-9-18(10-6-16)23-12-20-14-25-20;9-7(10)5-1-2-6(4-3-5)8(11)12/h5-6,11-16,22-23,26-27,32-33H,7-10,17-20H2,1-4H3;3-10,19-20H,11-14H2,1-2H3;1-4H,(H,9,10)(H,11,12). The highest BCUT2D eigenvalue weighted by atomic mass is 16.6. The quantitative estimate of drug-likeness (QED) is 0.0354. The summed E-state index contributed by atoms with van der Waals surface area (Å²) in [6.07, 6.45) is 0.807. The van der Waals surface area contributed by atoms with Crippen LogP contribution in [0.3, 0.4) is 0 Å². The number of rotatable bonds is 23. The Labute approximate surface area is 444 Å². The summed E-state index contributed by atoms with van der Waals surface area (Å²) < 4.78 is 42.8. The molecule has 2 saturated heterocycles. The van der Waals surface area contributed by atoms with Gasteiger partial charge in [0, 0.05) is 17.9 Å². The number of carboxylic acid groups (broad SMARTS) is 2. The molecule has 76 heavy (non-hydrogen) atoms. The van der Waals surface area contributed by atoms with Gasteiger partial charge in [-0.3, -0.25) is 9.59 Å². The number of carbonyl (C=O) groups is 4. The van der Waals surface area contributed by atoms with E-state index in [1.807, 2.05) is 48.5 Å². The average molecular weight is 1050 g/mol. The van der Waals surface area contributed by atoms with Crippen LogP contribution in [-0.4, -0.2) is 129 Å². The predicted molar refractivity (Wildman–Crippen MR) is 282 cm³/mol. The maximum absolute atomic E-state index is 12.5. The smallest absolute Gasteiger partial charge is 0.335 e. The lowest BCUT2D eigenvalue weighted by atomic mass is 9.78. The lowest BCUT2D eigenvalue weighted by Crippen LogP contribution is -2.32. The van der Waals surface area contributed by atoms with Crippen LogP contribution in [0.15, 0.2) is 121 Å². The van der Waals surface area contributed by atoms with Crippen LogP contribution in [0.1, 0.15) is 102 Å². The third kappa shape index (κ3) is 18.2. The first-order valence-electron chi connectivity index (χ1n) is 25.6. The van der Waals surface area contributed by atoms with Crippen molar-refractivity contribution in [3.8, 4) is 17.2 Å². The van der Waals surface area contributed by atoms with Crippen LogP contribution < -0.4 is 14.2 Å². The van der Waals surface area contributed by atoms with Gasteiger partial charge in [0.15, 0.2) is 0 Å². The highest BCUT2D eigenvalue weighted by Gasteiger charge is 2.33. The summed E-state index contributed by atoms with van der Waals surface area (Å²) >= 11 is 0. The second-order valence-corrected chi connectivity index (χ2v) is 20.3. The topological polar surface area (TPSA) is 230 Å². The summed E-state index contributed by atoms with van der Waals surface area (Å²) in [5.74, 6) is -1.07. The molecular formula is C60H72O16. The summed E-state index contributed by atoms with van der Waals surface area (Å²) in [7, 11) is 1.46. The summed E-state index contributed by atoms with van der Waals surface area (Å²) in [6, 6.07) is 38.0. The Morgan fingerprint density at radius 1 is 0.500 bits per heavy atom. The lowest BCUT2D eigenvalue weighted by Gasteiger charge is -2.27. The van der Waals surface area contributed by atoms with Gasteiger partial charge in [-0.25, -0.2) is 9.59 Å². The van der Waals surface area contributed by atoms with Crippen molar-refractivity contribution in [3.63, 3.8) is 0 Å². The van der Waals surface area contributed by atoms with E-state index in [4.69, 9.17) is 48.1 Å². The summed E-state index contributed by atoms with van der Waals surface area (Å²) in [5.41, 5.74) is 6.03. The van der Waals surface area contributed by atoms with Crippen molar-refractivity contribution in [3.05, 3.63) is 160 Å². The molecule has 0 bridgehead atoms. The Bertz CT molecular complexity index is 2500. The fraction of sp³-hybridized carbons (Fsp3) is 0.433. The molecule has 4 N–H and O–H groups in total. The molecule has 3 aliphatic rings. The summed E-state index contributed by atoms with van der Waals surface area (Å²) in [5, 5.41) is 36.8. The Morgan fingerprint density at radius 3 is 1.13 bits per heavy atom. The molecule has 3 fully saturated rings. The van der Waals surface area contributed by atoms with Crippen LogP contribution in [-0.2, 0) is 44.1 Å². The zero-order valence-corrected chi connectivity index (χ0v) is 44.2. The van der Waals surface area contributed by atoms with E-state index in [2.05, 4.69) is 83.1 Å². The largest absolute Gasteiger partial charge is 0.491 e. The normalized spacial score (nSPS) is 18.4. The number of esters is 2. The van der Waals surface area contributed by atoms with Gasteiger partial charge in [-0.1, -0.05) is 93.9 Å². The molecule has 1 saturated carbocycles. The molecule has 0 aromatic heterocycles. The van der Waals surface area contributed by atoms with E-state index in [9.17, 15) is 29.4 Å². The Balaban J connectivity index is 0.000000213. The first kappa shape index (κ1) is 58.4. The van der Waals surface area contributed by atoms with Gasteiger partial charge in [-0.15, -0.1) is 0 Å².